The van der Waals surface area contributed by atoms with Crippen LogP contribution in [0.25, 0.3) is 0 Å². The highest BCUT2D eigenvalue weighted by atomic mass is 79.9. The Kier molecular flexibility index (Phi) is 4.69. The lowest BCUT2D eigenvalue weighted by atomic mass is 10.0. The van der Waals surface area contributed by atoms with Crippen LogP contribution in [0.3, 0.4) is 0 Å². The van der Waals surface area contributed by atoms with E-state index in [1.807, 2.05) is 13.0 Å². The molecule has 1 aromatic rings. The molecule has 2 rings (SSSR count). The maximum Gasteiger partial charge on any atom is 0.129 e. The van der Waals surface area contributed by atoms with E-state index in [4.69, 9.17) is 0 Å². The Morgan fingerprint density at radius 2 is 2.39 bits per heavy atom. The molecule has 1 aliphatic heterocycles. The van der Waals surface area contributed by atoms with E-state index in [2.05, 4.69) is 21.2 Å². The number of halogens is 2. The van der Waals surface area contributed by atoms with Gasteiger partial charge >= 0.3 is 0 Å². The summed E-state index contributed by atoms with van der Waals surface area (Å²) in [7, 11) is 0. The van der Waals surface area contributed by atoms with Gasteiger partial charge in [-0.3, -0.25) is 0 Å². The van der Waals surface area contributed by atoms with Gasteiger partial charge in [-0.15, -0.1) is 0 Å². The highest BCUT2D eigenvalue weighted by molar-refractivity contribution is 9.10. The summed E-state index contributed by atoms with van der Waals surface area (Å²) < 4.78 is 14.5. The molecule has 0 amide bonds. The molecule has 18 heavy (non-hydrogen) atoms. The maximum atomic E-state index is 13.8. The SMILES string of the molecule is C[C@H](NC[C@@]1(O)CCSC1)c1ccc(Br)cc1F. The van der Waals surface area contributed by atoms with Gasteiger partial charge in [0.1, 0.15) is 5.82 Å². The van der Waals surface area contributed by atoms with Crippen LogP contribution in [0.15, 0.2) is 22.7 Å². The molecule has 0 bridgehead atoms. The summed E-state index contributed by atoms with van der Waals surface area (Å²) in [5, 5.41) is 13.4. The van der Waals surface area contributed by atoms with Crippen LogP contribution in [0, 0.1) is 5.82 Å². The summed E-state index contributed by atoms with van der Waals surface area (Å²) in [5.74, 6) is 1.53. The molecule has 0 spiro atoms. The minimum Gasteiger partial charge on any atom is -0.388 e. The van der Waals surface area contributed by atoms with E-state index < -0.39 is 5.60 Å². The normalized spacial score (nSPS) is 25.3. The minimum atomic E-state index is -0.634. The van der Waals surface area contributed by atoms with Gasteiger partial charge in [0.25, 0.3) is 0 Å². The molecule has 0 aromatic heterocycles. The van der Waals surface area contributed by atoms with Crippen LogP contribution in [-0.4, -0.2) is 28.8 Å². The monoisotopic (exact) mass is 333 g/mol. The Hall–Kier alpha value is -0.100. The molecule has 0 saturated carbocycles. The summed E-state index contributed by atoms with van der Waals surface area (Å²) in [6.45, 7) is 2.43. The van der Waals surface area contributed by atoms with E-state index >= 15 is 0 Å². The molecule has 1 heterocycles. The molecule has 2 N–H and O–H groups in total. The van der Waals surface area contributed by atoms with Gasteiger partial charge < -0.3 is 10.4 Å². The molecule has 100 valence electrons. The summed E-state index contributed by atoms with van der Waals surface area (Å²) in [6.07, 6.45) is 0.806. The van der Waals surface area contributed by atoms with Gasteiger partial charge in [-0.2, -0.15) is 11.8 Å². The van der Waals surface area contributed by atoms with Crippen molar-refractivity contribution in [1.82, 2.24) is 5.32 Å². The Labute approximate surface area is 119 Å². The Morgan fingerprint density at radius 3 is 3.00 bits per heavy atom. The van der Waals surface area contributed by atoms with E-state index in [0.717, 1.165) is 22.4 Å². The van der Waals surface area contributed by atoms with E-state index in [-0.39, 0.29) is 11.9 Å². The Bertz CT molecular complexity index is 423. The van der Waals surface area contributed by atoms with Crippen LogP contribution in [-0.2, 0) is 0 Å². The predicted octanol–water partition coefficient (Wildman–Crippen LogP) is 3.11. The first-order valence-corrected chi connectivity index (χ1v) is 7.93. The third-order valence-corrected chi connectivity index (χ3v) is 4.98. The fourth-order valence-corrected chi connectivity index (χ4v) is 3.67. The van der Waals surface area contributed by atoms with Gasteiger partial charge in [0.15, 0.2) is 0 Å². The van der Waals surface area contributed by atoms with Crippen molar-refractivity contribution in [3.8, 4) is 0 Å². The second-order valence-electron chi connectivity index (χ2n) is 4.80. The van der Waals surface area contributed by atoms with Crippen molar-refractivity contribution in [3.63, 3.8) is 0 Å². The molecule has 1 saturated heterocycles. The van der Waals surface area contributed by atoms with Gasteiger partial charge in [-0.1, -0.05) is 22.0 Å². The molecule has 1 aromatic carbocycles. The van der Waals surface area contributed by atoms with Crippen molar-refractivity contribution in [3.05, 3.63) is 34.1 Å². The quantitative estimate of drug-likeness (QED) is 0.887. The lowest BCUT2D eigenvalue weighted by Crippen LogP contribution is -2.41. The van der Waals surface area contributed by atoms with Crippen molar-refractivity contribution >= 4 is 27.7 Å². The molecular formula is C13H17BrFNOS. The van der Waals surface area contributed by atoms with Crippen LogP contribution in [0.1, 0.15) is 24.9 Å². The standard InChI is InChI=1S/C13H17BrFNOS/c1-9(11-3-2-10(14)6-12(11)15)16-7-13(17)4-5-18-8-13/h2-3,6,9,16-17H,4-5,7-8H2,1H3/t9-,13-/m0/s1. The summed E-state index contributed by atoms with van der Waals surface area (Å²) in [5.41, 5.74) is -0.00226. The first-order valence-electron chi connectivity index (χ1n) is 5.99. The van der Waals surface area contributed by atoms with Crippen LogP contribution in [0.5, 0.6) is 0 Å². The average Bonchev–Trinajstić information content (AvgIpc) is 2.74. The van der Waals surface area contributed by atoms with Crippen LogP contribution in [0.2, 0.25) is 0 Å². The van der Waals surface area contributed by atoms with Crippen LogP contribution in [0.4, 0.5) is 4.39 Å². The van der Waals surface area contributed by atoms with Crippen molar-refractivity contribution in [2.45, 2.75) is 25.0 Å². The zero-order valence-electron chi connectivity index (χ0n) is 10.2. The molecule has 0 unspecified atom stereocenters. The summed E-state index contributed by atoms with van der Waals surface area (Å²) in [4.78, 5) is 0. The largest absolute Gasteiger partial charge is 0.388 e. The van der Waals surface area contributed by atoms with Crippen LogP contribution >= 0.6 is 27.7 Å². The van der Waals surface area contributed by atoms with Gasteiger partial charge in [0.05, 0.1) is 5.60 Å². The minimum absolute atomic E-state index is 0.104. The maximum absolute atomic E-state index is 13.8. The van der Waals surface area contributed by atoms with Crippen molar-refractivity contribution in [1.29, 1.82) is 0 Å². The lowest BCUT2D eigenvalue weighted by Gasteiger charge is -2.25. The predicted molar refractivity (Wildman–Crippen MR) is 77.4 cm³/mol. The first-order chi connectivity index (χ1) is 8.50. The zero-order chi connectivity index (χ0) is 13.2. The van der Waals surface area contributed by atoms with Gasteiger partial charge in [0, 0.05) is 28.4 Å². The van der Waals surface area contributed by atoms with E-state index in [1.54, 1.807) is 17.8 Å². The highest BCUT2D eigenvalue weighted by Gasteiger charge is 2.31. The third kappa shape index (κ3) is 3.47. The van der Waals surface area contributed by atoms with Gasteiger partial charge in [-0.25, -0.2) is 4.39 Å². The number of thioether (sulfide) groups is 1. The number of rotatable bonds is 4. The zero-order valence-corrected chi connectivity index (χ0v) is 12.7. The first kappa shape index (κ1) is 14.3. The van der Waals surface area contributed by atoms with Crippen molar-refractivity contribution in [2.75, 3.05) is 18.1 Å². The molecule has 0 radical (unpaired) electrons. The molecule has 2 nitrogen and oxygen atoms in total. The number of hydrogen-bond acceptors (Lipinski definition) is 3. The fraction of sp³-hybridized carbons (Fsp3) is 0.538. The second kappa shape index (κ2) is 5.90. The molecule has 1 fully saturated rings. The molecule has 1 aliphatic rings. The number of nitrogens with one attached hydrogen (secondary N) is 1. The molecule has 5 heteroatoms. The topological polar surface area (TPSA) is 32.3 Å². The number of aliphatic hydroxyl groups is 1. The molecule has 0 aliphatic carbocycles. The highest BCUT2D eigenvalue weighted by Crippen LogP contribution is 2.28. The summed E-state index contributed by atoms with van der Waals surface area (Å²) in [6, 6.07) is 4.96. The van der Waals surface area contributed by atoms with Gasteiger partial charge in [-0.05, 0) is 31.2 Å². The fourth-order valence-electron chi connectivity index (χ4n) is 2.04. The Morgan fingerprint density at radius 1 is 1.61 bits per heavy atom. The lowest BCUT2D eigenvalue weighted by molar-refractivity contribution is 0.0650. The van der Waals surface area contributed by atoms with E-state index in [9.17, 15) is 9.50 Å². The average molecular weight is 334 g/mol. The molecule has 2 atom stereocenters. The smallest absolute Gasteiger partial charge is 0.129 e. The van der Waals surface area contributed by atoms with Crippen molar-refractivity contribution in [2.24, 2.45) is 0 Å². The number of hydrogen-bond donors (Lipinski definition) is 2. The van der Waals surface area contributed by atoms with Crippen LogP contribution < -0.4 is 5.32 Å². The third-order valence-electron chi connectivity index (χ3n) is 3.25. The van der Waals surface area contributed by atoms with Gasteiger partial charge in [0.2, 0.25) is 0 Å². The van der Waals surface area contributed by atoms with Crippen molar-refractivity contribution < 1.29 is 9.50 Å². The van der Waals surface area contributed by atoms with E-state index in [1.165, 1.54) is 6.07 Å². The van der Waals surface area contributed by atoms with E-state index in [0.29, 0.717) is 12.1 Å². The second-order valence-corrected chi connectivity index (χ2v) is 6.82. The molecular weight excluding hydrogens is 317 g/mol. The summed E-state index contributed by atoms with van der Waals surface area (Å²) >= 11 is 5.01. The Balaban J connectivity index is 1.97. The number of benzene rings is 1.